The van der Waals surface area contributed by atoms with Gasteiger partial charge in [0.2, 0.25) is 0 Å². The van der Waals surface area contributed by atoms with Crippen LogP contribution in [0.15, 0.2) is 28.3 Å². The van der Waals surface area contributed by atoms with Gasteiger partial charge < -0.3 is 0 Å². The molecule has 0 radical (unpaired) electrons. The van der Waals surface area contributed by atoms with Crippen molar-refractivity contribution in [1.29, 1.82) is 0 Å². The first-order chi connectivity index (χ1) is 5.79. The first-order valence-electron chi connectivity index (χ1n) is 3.55. The summed E-state index contributed by atoms with van der Waals surface area (Å²) in [6.45, 7) is 0. The first-order valence-corrected chi connectivity index (χ1v) is 6.06. The van der Waals surface area contributed by atoms with Gasteiger partial charge in [-0.15, -0.1) is 0 Å². The van der Waals surface area contributed by atoms with Gasteiger partial charge in [0.05, 0.1) is 0 Å². The molecule has 12 heavy (non-hydrogen) atoms. The predicted molar refractivity (Wildman–Crippen MR) is 49.4 cm³/mol. The Morgan fingerprint density at radius 2 is 2.17 bits per heavy atom. The Morgan fingerprint density at radius 1 is 1.33 bits per heavy atom. The Morgan fingerprint density at radius 3 is 2.92 bits per heavy atom. The van der Waals surface area contributed by atoms with Crippen LogP contribution in [0.2, 0.25) is 0 Å². The van der Waals surface area contributed by atoms with Crippen molar-refractivity contribution in [2.75, 3.05) is 0 Å². The molecule has 0 saturated heterocycles. The van der Waals surface area contributed by atoms with Gasteiger partial charge in [-0.05, 0) is 0 Å². The zero-order valence-electron chi connectivity index (χ0n) is 6.28. The molecule has 0 aliphatic rings. The summed E-state index contributed by atoms with van der Waals surface area (Å²) >= 11 is -0.176. The number of hydrogen-bond donors (Lipinski definition) is 1. The molecule has 2 N–H and O–H groups in total. The molecule has 0 aliphatic heterocycles. The van der Waals surface area contributed by atoms with E-state index in [1.54, 1.807) is 6.07 Å². The molecule has 2 rings (SSSR count). The summed E-state index contributed by atoms with van der Waals surface area (Å²) in [5, 5.41) is 1.05. The van der Waals surface area contributed by atoms with E-state index in [-0.39, 0.29) is 26.3 Å². The molecule has 0 bridgehead atoms. The molecule has 1 aromatic heterocycles. The fourth-order valence-corrected chi connectivity index (χ4v) is 3.53. The van der Waals surface area contributed by atoms with E-state index in [2.05, 4.69) is 10.1 Å². The van der Waals surface area contributed by atoms with E-state index in [4.69, 9.17) is 5.73 Å². The van der Waals surface area contributed by atoms with Crippen LogP contribution in [0.1, 0.15) is 10.4 Å². The van der Waals surface area contributed by atoms with Gasteiger partial charge >= 0.3 is 79.6 Å². The molecule has 0 spiro atoms. The third-order valence-electron chi connectivity index (χ3n) is 1.76. The summed E-state index contributed by atoms with van der Waals surface area (Å²) in [6, 6.07) is 7.77. The van der Waals surface area contributed by atoms with Crippen molar-refractivity contribution in [3.05, 3.63) is 33.9 Å². The molecule has 0 atom stereocenters. The molecule has 60 valence electrons. The monoisotopic (exact) mass is 275 g/mol. The van der Waals surface area contributed by atoms with Crippen molar-refractivity contribution >= 4 is 35.1 Å². The van der Waals surface area contributed by atoms with Crippen molar-refractivity contribution in [2.24, 2.45) is 5.73 Å². The quantitative estimate of drug-likeness (QED) is 0.773. The number of fused-ring (bicyclic) bond motifs is 1. The maximum atomic E-state index is 11.0. The van der Waals surface area contributed by atoms with Gasteiger partial charge in [-0.2, -0.15) is 0 Å². The van der Waals surface area contributed by atoms with Gasteiger partial charge in [-0.3, -0.25) is 0 Å². The molecule has 2 nitrogen and oxygen atoms in total. The van der Waals surface area contributed by atoms with Crippen LogP contribution in [-0.2, 0) is 0 Å². The molecule has 3 heteroatoms. The van der Waals surface area contributed by atoms with Crippen LogP contribution in [0, 0.1) is 0 Å². The van der Waals surface area contributed by atoms with Crippen molar-refractivity contribution in [3.63, 3.8) is 0 Å². The van der Waals surface area contributed by atoms with E-state index >= 15 is 0 Å². The van der Waals surface area contributed by atoms with Crippen LogP contribution < -0.4 is 5.73 Å². The summed E-state index contributed by atoms with van der Waals surface area (Å²) in [6.07, 6.45) is 0. The van der Waals surface area contributed by atoms with Crippen molar-refractivity contribution in [1.82, 2.24) is 0 Å². The van der Waals surface area contributed by atoms with E-state index in [1.807, 2.05) is 12.1 Å². The van der Waals surface area contributed by atoms with Crippen LogP contribution in [0.25, 0.3) is 8.79 Å². The molecule has 2 aromatic rings. The van der Waals surface area contributed by atoms with Gasteiger partial charge in [0.25, 0.3) is 0 Å². The summed E-state index contributed by atoms with van der Waals surface area (Å²) in [7, 11) is 0. The van der Waals surface area contributed by atoms with Gasteiger partial charge in [-0.1, -0.05) is 0 Å². The molecule has 0 saturated carbocycles. The SMILES string of the molecule is NC(=O)c1cccc2[te]ccc12. The summed E-state index contributed by atoms with van der Waals surface area (Å²) in [5.74, 6) is -0.328. The number of carbonyl (C=O) groups is 1. The van der Waals surface area contributed by atoms with Gasteiger partial charge in [0, 0.05) is 0 Å². The molecule has 1 aromatic carbocycles. The van der Waals surface area contributed by atoms with Gasteiger partial charge in [0.1, 0.15) is 0 Å². The first kappa shape index (κ1) is 7.85. The average molecular weight is 273 g/mol. The number of nitrogens with two attached hydrogens (primary N) is 1. The van der Waals surface area contributed by atoms with Gasteiger partial charge in [0.15, 0.2) is 0 Å². The number of carbonyl (C=O) groups excluding carboxylic acids is 1. The third kappa shape index (κ3) is 1.16. The van der Waals surface area contributed by atoms with Crippen LogP contribution in [0.3, 0.4) is 0 Å². The molecule has 0 fully saturated rings. The van der Waals surface area contributed by atoms with E-state index in [0.717, 1.165) is 5.39 Å². The predicted octanol–water partition coefficient (Wildman–Crippen LogP) is 0.996. The molecule has 0 aliphatic carbocycles. The van der Waals surface area contributed by atoms with Crippen molar-refractivity contribution in [2.45, 2.75) is 0 Å². The minimum absolute atomic E-state index is 0.176. The average Bonchev–Trinajstić information content (AvgIpc) is 2.49. The number of primary amides is 1. The Labute approximate surface area is 79.6 Å². The minimum atomic E-state index is -0.328. The van der Waals surface area contributed by atoms with E-state index in [0.29, 0.717) is 5.56 Å². The molecule has 0 unspecified atom stereocenters. The fraction of sp³-hybridized carbons (Fsp3) is 0. The zero-order valence-corrected chi connectivity index (χ0v) is 8.61. The molecular formula is C9H7NOTe. The Hall–Kier alpha value is -0.780. The van der Waals surface area contributed by atoms with E-state index in [9.17, 15) is 4.79 Å². The summed E-state index contributed by atoms with van der Waals surface area (Å²) in [5.41, 5.74) is 5.89. The van der Waals surface area contributed by atoms with E-state index in [1.165, 1.54) is 3.40 Å². The molecule has 1 heterocycles. The fourth-order valence-electron chi connectivity index (χ4n) is 1.21. The second-order valence-electron chi connectivity index (χ2n) is 2.50. The number of rotatable bonds is 1. The standard InChI is InChI=1S/C9H7NOTe/c10-9(11)7-2-1-3-8-6(7)4-5-12-8/h1-5H,(H2,10,11). The topological polar surface area (TPSA) is 43.1 Å². The molecule has 1 amide bonds. The second kappa shape index (κ2) is 2.93. The number of amides is 1. The van der Waals surface area contributed by atoms with E-state index < -0.39 is 0 Å². The second-order valence-corrected chi connectivity index (χ2v) is 5.21. The maximum absolute atomic E-state index is 11.0. The Balaban J connectivity index is 2.82. The number of hydrogen-bond acceptors (Lipinski definition) is 1. The van der Waals surface area contributed by atoms with Crippen molar-refractivity contribution < 1.29 is 4.79 Å². The van der Waals surface area contributed by atoms with Crippen LogP contribution in [-0.4, -0.2) is 26.3 Å². The Bertz CT molecular complexity index is 433. The Kier molecular flexibility index (Phi) is 1.92. The van der Waals surface area contributed by atoms with Crippen LogP contribution in [0.5, 0.6) is 0 Å². The summed E-state index contributed by atoms with van der Waals surface area (Å²) < 4.78 is 3.49. The summed E-state index contributed by atoms with van der Waals surface area (Å²) in [4.78, 5) is 11.0. The van der Waals surface area contributed by atoms with Gasteiger partial charge in [-0.25, -0.2) is 0 Å². The van der Waals surface area contributed by atoms with Crippen molar-refractivity contribution in [3.8, 4) is 0 Å². The zero-order chi connectivity index (χ0) is 8.55. The molecular weight excluding hydrogens is 266 g/mol. The van der Waals surface area contributed by atoms with Crippen LogP contribution >= 0.6 is 0 Å². The normalized spacial score (nSPS) is 10.3. The van der Waals surface area contributed by atoms with Crippen LogP contribution in [0.4, 0.5) is 0 Å². The third-order valence-corrected chi connectivity index (χ3v) is 4.28. The number of benzene rings is 1.